The van der Waals surface area contributed by atoms with E-state index in [1.807, 2.05) is 19.9 Å². The molecule has 0 aromatic heterocycles. The van der Waals surface area contributed by atoms with Crippen LogP contribution in [0.2, 0.25) is 0 Å². The zero-order valence-electron chi connectivity index (χ0n) is 10.5. The van der Waals surface area contributed by atoms with Crippen LogP contribution in [0.4, 0.5) is 4.79 Å². The third-order valence-corrected chi connectivity index (χ3v) is 3.76. The van der Waals surface area contributed by atoms with Crippen molar-refractivity contribution in [3.8, 4) is 6.07 Å². The van der Waals surface area contributed by atoms with Gasteiger partial charge in [-0.2, -0.15) is 5.26 Å². The molecule has 1 fully saturated rings. The summed E-state index contributed by atoms with van der Waals surface area (Å²) in [5, 5.41) is 17.6. The van der Waals surface area contributed by atoms with Crippen LogP contribution in [0.15, 0.2) is 0 Å². The number of aliphatic carboxylic acids is 1. The summed E-state index contributed by atoms with van der Waals surface area (Å²) in [4.78, 5) is 26.2. The Balaban J connectivity index is 2.76. The predicted octanol–water partition coefficient (Wildman–Crippen LogP) is 1.19. The summed E-state index contributed by atoms with van der Waals surface area (Å²) in [6.45, 7) is 4.04. The Kier molecular flexibility index (Phi) is 5.28. The van der Waals surface area contributed by atoms with E-state index in [1.165, 1.54) is 16.7 Å². The monoisotopic (exact) mass is 271 g/mol. The zero-order valence-corrected chi connectivity index (χ0v) is 11.3. The molecule has 0 saturated carbocycles. The minimum absolute atomic E-state index is 0.0501. The van der Waals surface area contributed by atoms with E-state index in [2.05, 4.69) is 0 Å². The second kappa shape index (κ2) is 6.50. The van der Waals surface area contributed by atoms with Crippen LogP contribution in [0, 0.1) is 11.3 Å². The van der Waals surface area contributed by atoms with E-state index in [4.69, 9.17) is 10.4 Å². The molecule has 1 N–H and O–H groups in total. The molecule has 0 radical (unpaired) electrons. The van der Waals surface area contributed by atoms with Crippen molar-refractivity contribution in [1.82, 2.24) is 9.80 Å². The number of nitrogens with zero attached hydrogens (tertiary/aromatic N) is 3. The molecule has 1 saturated heterocycles. The molecule has 0 aromatic carbocycles. The number of urea groups is 1. The van der Waals surface area contributed by atoms with Crippen molar-refractivity contribution in [2.45, 2.75) is 32.4 Å². The molecule has 0 aliphatic carbocycles. The Morgan fingerprint density at radius 1 is 1.61 bits per heavy atom. The minimum atomic E-state index is -0.975. The number of carboxylic acid groups (broad SMARTS) is 1. The highest BCUT2D eigenvalue weighted by molar-refractivity contribution is 7.99. The van der Waals surface area contributed by atoms with E-state index in [1.54, 1.807) is 4.90 Å². The van der Waals surface area contributed by atoms with Crippen LogP contribution in [0.1, 0.15) is 20.3 Å². The number of carboxylic acids is 1. The normalized spacial score (nSPS) is 18.8. The van der Waals surface area contributed by atoms with Crippen molar-refractivity contribution in [2.24, 2.45) is 0 Å². The van der Waals surface area contributed by atoms with Gasteiger partial charge in [0.2, 0.25) is 0 Å². The van der Waals surface area contributed by atoms with Crippen LogP contribution >= 0.6 is 11.8 Å². The van der Waals surface area contributed by atoms with Crippen LogP contribution in [-0.4, -0.2) is 57.2 Å². The highest BCUT2D eigenvalue weighted by Crippen LogP contribution is 2.23. The van der Waals surface area contributed by atoms with Gasteiger partial charge in [0.05, 0.1) is 18.4 Å². The Hall–Kier alpha value is -1.42. The predicted molar refractivity (Wildman–Crippen MR) is 68.1 cm³/mol. The third kappa shape index (κ3) is 3.29. The van der Waals surface area contributed by atoms with Crippen molar-refractivity contribution in [3.05, 3.63) is 0 Å². The molecular formula is C11H17N3O3S. The molecule has 0 unspecified atom stereocenters. The molecule has 6 nitrogen and oxygen atoms in total. The lowest BCUT2D eigenvalue weighted by atomic mass is 10.2. The standard InChI is InChI=1S/C11H17N3O3S/c1-8(2)13(5-3-4-12)11(17)14-7-18-6-9(14)10(15)16/h8-9H,3,5-7H2,1-2H3,(H,15,16)/t9-/m0/s1. The number of nitriles is 1. The smallest absolute Gasteiger partial charge is 0.327 e. The lowest BCUT2D eigenvalue weighted by Crippen LogP contribution is -2.51. The molecule has 1 heterocycles. The van der Waals surface area contributed by atoms with E-state index in [0.717, 1.165) is 0 Å². The first-order valence-electron chi connectivity index (χ1n) is 5.73. The SMILES string of the molecule is CC(C)N(CCC#N)C(=O)N1CSC[C@H]1C(=O)O. The van der Waals surface area contributed by atoms with Crippen LogP contribution in [0.25, 0.3) is 0 Å². The number of carbonyl (C=O) groups excluding carboxylic acids is 1. The van der Waals surface area contributed by atoms with Gasteiger partial charge < -0.3 is 14.9 Å². The summed E-state index contributed by atoms with van der Waals surface area (Å²) in [6.07, 6.45) is 0.253. The number of amides is 2. The van der Waals surface area contributed by atoms with E-state index in [0.29, 0.717) is 18.2 Å². The topological polar surface area (TPSA) is 84.6 Å². The van der Waals surface area contributed by atoms with E-state index >= 15 is 0 Å². The van der Waals surface area contributed by atoms with E-state index in [-0.39, 0.29) is 18.5 Å². The van der Waals surface area contributed by atoms with Gasteiger partial charge >= 0.3 is 12.0 Å². The maximum Gasteiger partial charge on any atom is 0.327 e. The Labute approximate surface area is 111 Å². The summed E-state index contributed by atoms with van der Waals surface area (Å²) in [6, 6.07) is 0.896. The van der Waals surface area contributed by atoms with Gasteiger partial charge in [0.25, 0.3) is 0 Å². The quantitative estimate of drug-likeness (QED) is 0.830. The van der Waals surface area contributed by atoms with Gasteiger partial charge in [-0.15, -0.1) is 11.8 Å². The second-order valence-electron chi connectivity index (χ2n) is 4.30. The van der Waals surface area contributed by atoms with Gasteiger partial charge in [-0.25, -0.2) is 9.59 Å². The number of thioether (sulfide) groups is 1. The van der Waals surface area contributed by atoms with Gasteiger partial charge in [0.1, 0.15) is 6.04 Å². The third-order valence-electron chi connectivity index (χ3n) is 2.75. The second-order valence-corrected chi connectivity index (χ2v) is 5.30. The molecular weight excluding hydrogens is 254 g/mol. The van der Waals surface area contributed by atoms with Gasteiger partial charge in [0, 0.05) is 18.3 Å². The Bertz CT molecular complexity index is 367. The maximum atomic E-state index is 12.3. The van der Waals surface area contributed by atoms with Crippen LogP contribution in [-0.2, 0) is 4.79 Å². The van der Waals surface area contributed by atoms with Gasteiger partial charge in [0.15, 0.2) is 0 Å². The molecule has 0 bridgehead atoms. The van der Waals surface area contributed by atoms with Crippen molar-refractivity contribution >= 4 is 23.8 Å². The van der Waals surface area contributed by atoms with Crippen LogP contribution in [0.3, 0.4) is 0 Å². The minimum Gasteiger partial charge on any atom is -0.480 e. The molecule has 1 aliphatic rings. The van der Waals surface area contributed by atoms with Crippen molar-refractivity contribution < 1.29 is 14.7 Å². The molecule has 0 spiro atoms. The summed E-state index contributed by atoms with van der Waals surface area (Å²) in [5.74, 6) is -0.158. The fourth-order valence-corrected chi connectivity index (χ4v) is 2.88. The summed E-state index contributed by atoms with van der Waals surface area (Å²) in [5.41, 5.74) is 0. The molecule has 0 aromatic rings. The lowest BCUT2D eigenvalue weighted by Gasteiger charge is -2.32. The molecule has 1 rings (SSSR count). The fraction of sp³-hybridized carbons (Fsp3) is 0.727. The zero-order chi connectivity index (χ0) is 13.7. The van der Waals surface area contributed by atoms with Crippen LogP contribution in [0.5, 0.6) is 0 Å². The summed E-state index contributed by atoms with van der Waals surface area (Å²) >= 11 is 1.43. The summed E-state index contributed by atoms with van der Waals surface area (Å²) < 4.78 is 0. The first-order chi connectivity index (χ1) is 8.49. The summed E-state index contributed by atoms with van der Waals surface area (Å²) in [7, 11) is 0. The van der Waals surface area contributed by atoms with E-state index in [9.17, 15) is 9.59 Å². The number of rotatable bonds is 4. The van der Waals surface area contributed by atoms with Gasteiger partial charge in [-0.05, 0) is 13.8 Å². The van der Waals surface area contributed by atoms with Crippen molar-refractivity contribution in [2.75, 3.05) is 18.2 Å². The largest absolute Gasteiger partial charge is 0.480 e. The highest BCUT2D eigenvalue weighted by Gasteiger charge is 2.37. The molecule has 1 aliphatic heterocycles. The van der Waals surface area contributed by atoms with Gasteiger partial charge in [-0.3, -0.25) is 0 Å². The molecule has 2 amide bonds. The maximum absolute atomic E-state index is 12.3. The number of carbonyl (C=O) groups is 2. The first kappa shape index (κ1) is 14.6. The molecule has 1 atom stereocenters. The average Bonchev–Trinajstić information content (AvgIpc) is 2.77. The van der Waals surface area contributed by atoms with Crippen LogP contribution < -0.4 is 0 Å². The number of hydrogen-bond acceptors (Lipinski definition) is 4. The Morgan fingerprint density at radius 3 is 2.78 bits per heavy atom. The Morgan fingerprint density at radius 2 is 2.28 bits per heavy atom. The molecule has 18 heavy (non-hydrogen) atoms. The molecule has 7 heteroatoms. The van der Waals surface area contributed by atoms with E-state index < -0.39 is 12.0 Å². The van der Waals surface area contributed by atoms with Crippen molar-refractivity contribution in [1.29, 1.82) is 5.26 Å². The fourth-order valence-electron chi connectivity index (χ4n) is 1.75. The highest BCUT2D eigenvalue weighted by atomic mass is 32.2. The van der Waals surface area contributed by atoms with Gasteiger partial charge in [-0.1, -0.05) is 0 Å². The lowest BCUT2D eigenvalue weighted by molar-refractivity contribution is -0.141. The average molecular weight is 271 g/mol. The number of hydrogen-bond donors (Lipinski definition) is 1. The molecule has 100 valence electrons. The first-order valence-corrected chi connectivity index (χ1v) is 6.89. The van der Waals surface area contributed by atoms with Crippen molar-refractivity contribution in [3.63, 3.8) is 0 Å².